The van der Waals surface area contributed by atoms with Gasteiger partial charge in [-0.3, -0.25) is 4.90 Å². The molecule has 1 aliphatic rings. The van der Waals surface area contributed by atoms with Gasteiger partial charge in [0, 0.05) is 64.9 Å². The number of rotatable bonds is 10. The predicted octanol–water partition coefficient (Wildman–Crippen LogP) is -2.25. The fourth-order valence-corrected chi connectivity index (χ4v) is 2.22. The molecule has 0 bridgehead atoms. The predicted molar refractivity (Wildman–Crippen MR) is 76.7 cm³/mol. The Bertz CT molecular complexity index is 183. The lowest BCUT2D eigenvalue weighted by atomic mass is 10.2. The summed E-state index contributed by atoms with van der Waals surface area (Å²) in [6.45, 7) is 9.97. The standard InChI is InChI=1S/C12H30N6/c13-2-1-12(11-16-4-3-14)17-7-10-18-8-5-15-6-9-18/h12,15-17H,1-11,13-14H2. The van der Waals surface area contributed by atoms with Crippen molar-refractivity contribution in [3.63, 3.8) is 0 Å². The zero-order valence-corrected chi connectivity index (χ0v) is 11.5. The third-order valence-electron chi connectivity index (χ3n) is 3.30. The van der Waals surface area contributed by atoms with Crippen molar-refractivity contribution >= 4 is 0 Å². The minimum atomic E-state index is 0.462. The molecule has 1 atom stereocenters. The summed E-state index contributed by atoms with van der Waals surface area (Å²) >= 11 is 0. The Morgan fingerprint density at radius 1 is 1.11 bits per heavy atom. The number of piperazine rings is 1. The van der Waals surface area contributed by atoms with Crippen LogP contribution >= 0.6 is 0 Å². The summed E-state index contributed by atoms with van der Waals surface area (Å²) in [6, 6.07) is 0.462. The van der Waals surface area contributed by atoms with Crippen LogP contribution in [-0.2, 0) is 0 Å². The van der Waals surface area contributed by atoms with Gasteiger partial charge in [0.25, 0.3) is 0 Å². The van der Waals surface area contributed by atoms with Gasteiger partial charge in [-0.15, -0.1) is 0 Å². The van der Waals surface area contributed by atoms with Gasteiger partial charge < -0.3 is 27.4 Å². The molecule has 0 saturated carbocycles. The SMILES string of the molecule is NCCNCC(CCN)NCCN1CCNCC1. The van der Waals surface area contributed by atoms with E-state index < -0.39 is 0 Å². The fourth-order valence-electron chi connectivity index (χ4n) is 2.22. The molecule has 7 N–H and O–H groups in total. The zero-order chi connectivity index (χ0) is 13.1. The lowest BCUT2D eigenvalue weighted by molar-refractivity contribution is 0.237. The van der Waals surface area contributed by atoms with Crippen LogP contribution < -0.4 is 27.4 Å². The second-order valence-corrected chi connectivity index (χ2v) is 4.81. The molecule has 0 aromatic carbocycles. The first-order chi connectivity index (χ1) is 8.86. The molecule has 6 nitrogen and oxygen atoms in total. The van der Waals surface area contributed by atoms with Gasteiger partial charge in [0.05, 0.1) is 0 Å². The summed E-state index contributed by atoms with van der Waals surface area (Å²) in [6.07, 6.45) is 1.01. The average molecular weight is 258 g/mol. The third kappa shape index (κ3) is 7.25. The summed E-state index contributed by atoms with van der Waals surface area (Å²) in [5.41, 5.74) is 11.1. The van der Waals surface area contributed by atoms with Crippen LogP contribution in [0.15, 0.2) is 0 Å². The quantitative estimate of drug-likeness (QED) is 0.284. The Hall–Kier alpha value is -0.240. The lowest BCUT2D eigenvalue weighted by Gasteiger charge is -2.28. The maximum atomic E-state index is 5.64. The van der Waals surface area contributed by atoms with Crippen LogP contribution in [0.2, 0.25) is 0 Å². The smallest absolute Gasteiger partial charge is 0.0205 e. The molecule has 0 aromatic heterocycles. The van der Waals surface area contributed by atoms with Crippen LogP contribution in [0.25, 0.3) is 0 Å². The van der Waals surface area contributed by atoms with E-state index in [9.17, 15) is 0 Å². The Morgan fingerprint density at radius 3 is 2.56 bits per heavy atom. The highest BCUT2D eigenvalue weighted by Gasteiger charge is 2.10. The molecule has 0 radical (unpaired) electrons. The molecule has 1 aliphatic heterocycles. The molecule has 1 fully saturated rings. The van der Waals surface area contributed by atoms with E-state index >= 15 is 0 Å². The Labute approximate surface area is 111 Å². The van der Waals surface area contributed by atoms with Gasteiger partial charge in [-0.05, 0) is 13.0 Å². The third-order valence-corrected chi connectivity index (χ3v) is 3.30. The Morgan fingerprint density at radius 2 is 1.89 bits per heavy atom. The van der Waals surface area contributed by atoms with Crippen LogP contribution in [-0.4, -0.2) is 76.4 Å². The minimum absolute atomic E-state index is 0.462. The van der Waals surface area contributed by atoms with Crippen molar-refractivity contribution in [1.29, 1.82) is 0 Å². The van der Waals surface area contributed by atoms with Gasteiger partial charge in [-0.25, -0.2) is 0 Å². The lowest BCUT2D eigenvalue weighted by Crippen LogP contribution is -2.48. The topological polar surface area (TPSA) is 91.4 Å². The van der Waals surface area contributed by atoms with E-state index in [1.807, 2.05) is 0 Å². The van der Waals surface area contributed by atoms with Crippen LogP contribution in [0.1, 0.15) is 6.42 Å². The van der Waals surface area contributed by atoms with Crippen molar-refractivity contribution < 1.29 is 0 Å². The number of nitrogens with one attached hydrogen (secondary N) is 3. The monoisotopic (exact) mass is 258 g/mol. The molecule has 0 amide bonds. The molecule has 6 heteroatoms. The van der Waals surface area contributed by atoms with Gasteiger partial charge in [-0.2, -0.15) is 0 Å². The van der Waals surface area contributed by atoms with Crippen LogP contribution in [0.5, 0.6) is 0 Å². The summed E-state index contributed by atoms with van der Waals surface area (Å²) in [5, 5.41) is 10.3. The van der Waals surface area contributed by atoms with E-state index in [1.54, 1.807) is 0 Å². The molecular weight excluding hydrogens is 228 g/mol. The highest BCUT2D eigenvalue weighted by Crippen LogP contribution is 1.92. The summed E-state index contributed by atoms with van der Waals surface area (Å²) in [5.74, 6) is 0. The second-order valence-electron chi connectivity index (χ2n) is 4.81. The van der Waals surface area contributed by atoms with E-state index in [0.717, 1.165) is 65.3 Å². The average Bonchev–Trinajstić information content (AvgIpc) is 2.40. The van der Waals surface area contributed by atoms with Gasteiger partial charge in [0.2, 0.25) is 0 Å². The van der Waals surface area contributed by atoms with Crippen molar-refractivity contribution in [2.24, 2.45) is 11.5 Å². The first-order valence-corrected chi connectivity index (χ1v) is 7.14. The highest BCUT2D eigenvalue weighted by molar-refractivity contribution is 4.73. The second kappa shape index (κ2) is 10.7. The van der Waals surface area contributed by atoms with Crippen molar-refractivity contribution in [2.45, 2.75) is 12.5 Å². The van der Waals surface area contributed by atoms with E-state index in [0.29, 0.717) is 12.6 Å². The molecule has 1 heterocycles. The molecule has 1 rings (SSSR count). The number of nitrogens with two attached hydrogens (primary N) is 2. The van der Waals surface area contributed by atoms with Gasteiger partial charge in [0.1, 0.15) is 0 Å². The van der Waals surface area contributed by atoms with Crippen molar-refractivity contribution in [3.8, 4) is 0 Å². The molecule has 18 heavy (non-hydrogen) atoms. The minimum Gasteiger partial charge on any atom is -0.330 e. The molecular formula is C12H30N6. The van der Waals surface area contributed by atoms with Gasteiger partial charge in [-0.1, -0.05) is 0 Å². The van der Waals surface area contributed by atoms with Crippen LogP contribution in [0.4, 0.5) is 0 Å². The van der Waals surface area contributed by atoms with Crippen molar-refractivity contribution in [2.75, 3.05) is 65.4 Å². The van der Waals surface area contributed by atoms with E-state index in [4.69, 9.17) is 11.5 Å². The Balaban J connectivity index is 2.07. The van der Waals surface area contributed by atoms with Crippen molar-refractivity contribution in [3.05, 3.63) is 0 Å². The first-order valence-electron chi connectivity index (χ1n) is 7.14. The number of nitrogens with zero attached hydrogens (tertiary/aromatic N) is 1. The largest absolute Gasteiger partial charge is 0.330 e. The Kier molecular flexibility index (Phi) is 9.37. The molecule has 0 aromatic rings. The fraction of sp³-hybridized carbons (Fsp3) is 1.00. The normalized spacial score (nSPS) is 19.0. The molecule has 1 unspecified atom stereocenters. The molecule has 108 valence electrons. The summed E-state index contributed by atoms with van der Waals surface area (Å²) < 4.78 is 0. The van der Waals surface area contributed by atoms with E-state index in [-0.39, 0.29) is 0 Å². The van der Waals surface area contributed by atoms with Gasteiger partial charge in [0.15, 0.2) is 0 Å². The molecule has 1 saturated heterocycles. The molecule has 0 aliphatic carbocycles. The maximum Gasteiger partial charge on any atom is 0.0205 e. The summed E-state index contributed by atoms with van der Waals surface area (Å²) in [4.78, 5) is 2.50. The number of hydrogen-bond acceptors (Lipinski definition) is 6. The highest BCUT2D eigenvalue weighted by atomic mass is 15.2. The van der Waals surface area contributed by atoms with Crippen LogP contribution in [0, 0.1) is 0 Å². The number of hydrogen-bond donors (Lipinski definition) is 5. The van der Waals surface area contributed by atoms with Crippen LogP contribution in [0.3, 0.4) is 0 Å². The molecule has 0 spiro atoms. The van der Waals surface area contributed by atoms with Gasteiger partial charge >= 0.3 is 0 Å². The maximum absolute atomic E-state index is 5.64. The van der Waals surface area contributed by atoms with Crippen molar-refractivity contribution in [1.82, 2.24) is 20.9 Å². The van der Waals surface area contributed by atoms with E-state index in [1.165, 1.54) is 0 Å². The van der Waals surface area contributed by atoms with E-state index in [2.05, 4.69) is 20.9 Å². The summed E-state index contributed by atoms with van der Waals surface area (Å²) in [7, 11) is 0. The first kappa shape index (κ1) is 15.8. The zero-order valence-electron chi connectivity index (χ0n) is 11.5.